The molecule has 0 bridgehead atoms. The number of aromatic nitrogens is 1. The zero-order valence-corrected chi connectivity index (χ0v) is 18.7. The molecule has 1 aromatic heterocycles. The van der Waals surface area contributed by atoms with Crippen molar-refractivity contribution in [1.29, 1.82) is 0 Å². The van der Waals surface area contributed by atoms with Gasteiger partial charge in [-0.3, -0.25) is 10.1 Å². The van der Waals surface area contributed by atoms with Gasteiger partial charge in [0.15, 0.2) is 10.7 Å². The second-order valence-corrected chi connectivity index (χ2v) is 8.16. The third kappa shape index (κ3) is 4.49. The highest BCUT2D eigenvalue weighted by molar-refractivity contribution is 7.80. The van der Waals surface area contributed by atoms with Gasteiger partial charge < -0.3 is 9.73 Å². The van der Waals surface area contributed by atoms with Crippen molar-refractivity contribution in [2.45, 2.75) is 27.7 Å². The fourth-order valence-electron chi connectivity index (χ4n) is 3.50. The Bertz CT molecular complexity index is 1320. The van der Waals surface area contributed by atoms with E-state index in [9.17, 15) is 4.79 Å². The predicted octanol–water partition coefficient (Wildman–Crippen LogP) is 5.86. The molecule has 0 spiro atoms. The third-order valence-electron chi connectivity index (χ3n) is 5.06. The van der Waals surface area contributed by atoms with Crippen LogP contribution in [0.15, 0.2) is 59.0 Å². The summed E-state index contributed by atoms with van der Waals surface area (Å²) in [6.45, 7) is 7.97. The molecule has 0 aliphatic heterocycles. The van der Waals surface area contributed by atoms with Gasteiger partial charge in [0, 0.05) is 16.8 Å². The standard InChI is InChI=1S/C25H23N3O2S/c1-14-6-5-7-18(11-14)23(29)28-25(31)27-20-13-19(9-8-16(20)3)24-26-21-12-15(2)10-17(4)22(21)30-24/h5-13H,1-4H3,(H2,27,28,29,31). The van der Waals surface area contributed by atoms with Crippen LogP contribution < -0.4 is 10.6 Å². The van der Waals surface area contributed by atoms with Gasteiger partial charge in [0.2, 0.25) is 5.89 Å². The Balaban J connectivity index is 1.56. The number of hydrogen-bond donors (Lipinski definition) is 2. The zero-order chi connectivity index (χ0) is 22.1. The summed E-state index contributed by atoms with van der Waals surface area (Å²) in [7, 11) is 0. The number of carbonyl (C=O) groups is 1. The molecule has 1 heterocycles. The van der Waals surface area contributed by atoms with Crippen LogP contribution in [0.1, 0.15) is 32.6 Å². The number of fused-ring (bicyclic) bond motifs is 1. The Hall–Kier alpha value is -3.51. The van der Waals surface area contributed by atoms with Gasteiger partial charge in [-0.15, -0.1) is 0 Å². The highest BCUT2D eigenvalue weighted by Crippen LogP contribution is 2.30. The van der Waals surface area contributed by atoms with E-state index >= 15 is 0 Å². The van der Waals surface area contributed by atoms with Crippen molar-refractivity contribution in [3.8, 4) is 11.5 Å². The van der Waals surface area contributed by atoms with E-state index < -0.39 is 0 Å². The molecule has 0 atom stereocenters. The number of oxazole rings is 1. The Labute approximate surface area is 186 Å². The van der Waals surface area contributed by atoms with Crippen molar-refractivity contribution in [3.05, 3.63) is 82.4 Å². The average Bonchev–Trinajstić information content (AvgIpc) is 3.14. The lowest BCUT2D eigenvalue weighted by Crippen LogP contribution is -2.34. The lowest BCUT2D eigenvalue weighted by Gasteiger charge is -2.13. The maximum atomic E-state index is 12.5. The maximum absolute atomic E-state index is 12.5. The fourth-order valence-corrected chi connectivity index (χ4v) is 3.71. The van der Waals surface area contributed by atoms with Crippen molar-refractivity contribution in [3.63, 3.8) is 0 Å². The molecule has 0 saturated carbocycles. The Morgan fingerprint density at radius 3 is 2.52 bits per heavy atom. The van der Waals surface area contributed by atoms with Gasteiger partial charge in [0.1, 0.15) is 5.52 Å². The number of thiocarbonyl (C=S) groups is 1. The van der Waals surface area contributed by atoms with Gasteiger partial charge >= 0.3 is 0 Å². The van der Waals surface area contributed by atoms with Crippen LogP contribution in [-0.2, 0) is 0 Å². The van der Waals surface area contributed by atoms with Gasteiger partial charge in [-0.2, -0.15) is 0 Å². The van der Waals surface area contributed by atoms with Crippen LogP contribution >= 0.6 is 12.2 Å². The summed E-state index contributed by atoms with van der Waals surface area (Å²) >= 11 is 5.37. The van der Waals surface area contributed by atoms with E-state index in [-0.39, 0.29) is 11.0 Å². The molecular formula is C25H23N3O2S. The molecule has 4 rings (SSSR count). The molecular weight excluding hydrogens is 406 g/mol. The summed E-state index contributed by atoms with van der Waals surface area (Å²) in [6, 6.07) is 17.3. The second kappa shape index (κ2) is 8.32. The number of aryl methyl sites for hydroxylation is 4. The van der Waals surface area contributed by atoms with Gasteiger partial charge in [-0.1, -0.05) is 29.8 Å². The summed E-state index contributed by atoms with van der Waals surface area (Å²) < 4.78 is 6.03. The lowest BCUT2D eigenvalue weighted by molar-refractivity contribution is 0.0977. The number of nitrogens with one attached hydrogen (secondary N) is 2. The first-order valence-electron chi connectivity index (χ1n) is 9.98. The summed E-state index contributed by atoms with van der Waals surface area (Å²) in [6.07, 6.45) is 0. The van der Waals surface area contributed by atoms with E-state index in [4.69, 9.17) is 16.6 Å². The van der Waals surface area contributed by atoms with Crippen LogP contribution in [0.2, 0.25) is 0 Å². The molecule has 156 valence electrons. The molecule has 1 amide bonds. The Morgan fingerprint density at radius 1 is 0.935 bits per heavy atom. The van der Waals surface area contributed by atoms with Gasteiger partial charge in [0.05, 0.1) is 0 Å². The Kier molecular flexibility index (Phi) is 5.57. The third-order valence-corrected chi connectivity index (χ3v) is 5.26. The van der Waals surface area contributed by atoms with Crippen LogP contribution in [0.3, 0.4) is 0 Å². The topological polar surface area (TPSA) is 67.2 Å². The lowest BCUT2D eigenvalue weighted by atomic mass is 10.1. The predicted molar refractivity (Wildman–Crippen MR) is 129 cm³/mol. The molecule has 0 unspecified atom stereocenters. The minimum absolute atomic E-state index is 0.232. The number of nitrogens with zero attached hydrogens (tertiary/aromatic N) is 1. The molecule has 3 aromatic carbocycles. The van der Waals surface area contributed by atoms with Gasteiger partial charge in [0.25, 0.3) is 5.91 Å². The molecule has 6 heteroatoms. The van der Waals surface area contributed by atoms with Gasteiger partial charge in [-0.05, 0) is 86.9 Å². The van der Waals surface area contributed by atoms with Crippen molar-refractivity contribution in [1.82, 2.24) is 10.3 Å². The number of carbonyl (C=O) groups excluding carboxylic acids is 1. The van der Waals surface area contributed by atoms with E-state index in [1.807, 2.05) is 70.2 Å². The SMILES string of the molecule is Cc1cccc(C(=O)NC(=S)Nc2cc(-c3nc4cc(C)cc(C)c4o3)ccc2C)c1. The second-order valence-electron chi connectivity index (χ2n) is 7.76. The molecule has 4 aromatic rings. The van der Waals surface area contributed by atoms with Crippen molar-refractivity contribution >= 4 is 40.0 Å². The largest absolute Gasteiger partial charge is 0.436 e. The van der Waals surface area contributed by atoms with Crippen molar-refractivity contribution in [2.24, 2.45) is 0 Å². The highest BCUT2D eigenvalue weighted by atomic mass is 32.1. The molecule has 0 saturated heterocycles. The highest BCUT2D eigenvalue weighted by Gasteiger charge is 2.14. The van der Waals surface area contributed by atoms with E-state index in [1.165, 1.54) is 0 Å². The monoisotopic (exact) mass is 429 g/mol. The maximum Gasteiger partial charge on any atom is 0.257 e. The van der Waals surface area contributed by atoms with Crippen molar-refractivity contribution in [2.75, 3.05) is 5.32 Å². The molecule has 5 nitrogen and oxygen atoms in total. The molecule has 0 radical (unpaired) electrons. The van der Waals surface area contributed by atoms with E-state index in [0.29, 0.717) is 11.5 Å². The van der Waals surface area contributed by atoms with Crippen molar-refractivity contribution < 1.29 is 9.21 Å². The van der Waals surface area contributed by atoms with Crippen LogP contribution in [0, 0.1) is 27.7 Å². The van der Waals surface area contributed by atoms with Crippen LogP contribution in [0.25, 0.3) is 22.6 Å². The number of anilines is 1. The minimum atomic E-state index is -0.250. The average molecular weight is 430 g/mol. The first-order valence-corrected chi connectivity index (χ1v) is 10.4. The summed E-state index contributed by atoms with van der Waals surface area (Å²) in [5.41, 5.74) is 7.99. The fraction of sp³-hybridized carbons (Fsp3) is 0.160. The quantitative estimate of drug-likeness (QED) is 0.400. The van der Waals surface area contributed by atoms with E-state index in [1.54, 1.807) is 6.07 Å². The van der Waals surface area contributed by atoms with E-state index in [0.717, 1.165) is 44.6 Å². The Morgan fingerprint density at radius 2 is 1.74 bits per heavy atom. The first-order chi connectivity index (χ1) is 14.8. The summed E-state index contributed by atoms with van der Waals surface area (Å²) in [4.78, 5) is 17.1. The number of benzene rings is 3. The van der Waals surface area contributed by atoms with Crippen LogP contribution in [0.5, 0.6) is 0 Å². The summed E-state index contributed by atoms with van der Waals surface area (Å²) in [5, 5.41) is 6.09. The van der Waals surface area contributed by atoms with Gasteiger partial charge in [-0.25, -0.2) is 4.98 Å². The summed E-state index contributed by atoms with van der Waals surface area (Å²) in [5.74, 6) is 0.293. The smallest absolute Gasteiger partial charge is 0.257 e. The minimum Gasteiger partial charge on any atom is -0.436 e. The first kappa shape index (κ1) is 20.8. The molecule has 31 heavy (non-hydrogen) atoms. The number of hydrogen-bond acceptors (Lipinski definition) is 4. The molecule has 0 fully saturated rings. The number of amides is 1. The van der Waals surface area contributed by atoms with E-state index in [2.05, 4.69) is 21.7 Å². The van der Waals surface area contributed by atoms with Crippen LogP contribution in [-0.4, -0.2) is 16.0 Å². The number of rotatable bonds is 3. The molecule has 0 aliphatic rings. The molecule has 0 aliphatic carbocycles. The normalized spacial score (nSPS) is 10.8. The molecule has 2 N–H and O–H groups in total. The van der Waals surface area contributed by atoms with Crippen LogP contribution in [0.4, 0.5) is 5.69 Å². The zero-order valence-electron chi connectivity index (χ0n) is 17.9.